The van der Waals surface area contributed by atoms with E-state index in [2.05, 4.69) is 28.3 Å². The highest BCUT2D eigenvalue weighted by atomic mass is 32.1. The van der Waals surface area contributed by atoms with E-state index in [0.29, 0.717) is 23.3 Å². The maximum atomic E-state index is 12.3. The van der Waals surface area contributed by atoms with Gasteiger partial charge in [-0.05, 0) is 54.4 Å². The van der Waals surface area contributed by atoms with E-state index in [1.807, 2.05) is 54.6 Å². The van der Waals surface area contributed by atoms with E-state index < -0.39 is 0 Å². The van der Waals surface area contributed by atoms with Crippen molar-refractivity contribution in [3.8, 4) is 16.9 Å². The molecule has 0 bridgehead atoms. The van der Waals surface area contributed by atoms with E-state index in [4.69, 9.17) is 17.0 Å². The van der Waals surface area contributed by atoms with E-state index >= 15 is 0 Å². The number of hydrazine groups is 1. The zero-order valence-electron chi connectivity index (χ0n) is 16.4. The Morgan fingerprint density at radius 3 is 2.33 bits per heavy atom. The Hall–Kier alpha value is -3.38. The van der Waals surface area contributed by atoms with Crippen molar-refractivity contribution in [1.29, 1.82) is 0 Å². The summed E-state index contributed by atoms with van der Waals surface area (Å²) < 4.78 is 6.06. The van der Waals surface area contributed by atoms with Crippen LogP contribution < -0.4 is 20.9 Å². The number of thiocarbonyl (C=S) groups is 1. The minimum absolute atomic E-state index is 0.239. The summed E-state index contributed by atoms with van der Waals surface area (Å²) in [6, 6.07) is 25.9. The quantitative estimate of drug-likeness (QED) is 0.414. The molecule has 1 amide bonds. The molecule has 152 valence electrons. The zero-order valence-corrected chi connectivity index (χ0v) is 17.2. The van der Waals surface area contributed by atoms with Gasteiger partial charge < -0.3 is 10.1 Å². The summed E-state index contributed by atoms with van der Waals surface area (Å²) >= 11 is 5.13. The average molecular weight is 418 g/mol. The molecule has 1 fully saturated rings. The fourth-order valence-corrected chi connectivity index (χ4v) is 3.21. The molecule has 6 heteroatoms. The van der Waals surface area contributed by atoms with Crippen molar-refractivity contribution < 1.29 is 9.53 Å². The van der Waals surface area contributed by atoms with Gasteiger partial charge in [0.1, 0.15) is 12.4 Å². The second kappa shape index (κ2) is 9.41. The van der Waals surface area contributed by atoms with Crippen molar-refractivity contribution in [3.05, 3.63) is 90.0 Å². The van der Waals surface area contributed by atoms with Gasteiger partial charge >= 0.3 is 0 Å². The number of benzene rings is 3. The van der Waals surface area contributed by atoms with Crippen LogP contribution in [0.15, 0.2) is 78.9 Å². The first-order valence-corrected chi connectivity index (χ1v) is 10.3. The molecule has 1 saturated carbocycles. The van der Waals surface area contributed by atoms with Crippen molar-refractivity contribution >= 4 is 23.2 Å². The van der Waals surface area contributed by atoms with Gasteiger partial charge in [-0.15, -0.1) is 0 Å². The molecule has 5 nitrogen and oxygen atoms in total. The molecule has 4 rings (SSSR count). The maximum Gasteiger partial charge on any atom is 0.269 e. The Balaban J connectivity index is 1.33. The van der Waals surface area contributed by atoms with Crippen LogP contribution >= 0.6 is 12.2 Å². The number of nitrogens with one attached hydrogen (secondary N) is 3. The van der Waals surface area contributed by atoms with Crippen LogP contribution in [0.2, 0.25) is 0 Å². The lowest BCUT2D eigenvalue weighted by Crippen LogP contribution is -2.47. The second-order valence-electron chi connectivity index (χ2n) is 7.17. The standard InChI is InChI=1S/C24H23N3O2S/c28-23(26-27-24(30)25-20-14-15-20)19-12-10-17(11-13-19)16-29-22-9-5-4-8-21(22)18-6-2-1-3-7-18/h1-13,20H,14-16H2,(H,26,28)(H2,25,27,30). The second-order valence-corrected chi connectivity index (χ2v) is 7.58. The Morgan fingerprint density at radius 1 is 0.900 bits per heavy atom. The van der Waals surface area contributed by atoms with Crippen molar-refractivity contribution in [2.75, 3.05) is 0 Å². The smallest absolute Gasteiger partial charge is 0.269 e. The number of hydrogen-bond acceptors (Lipinski definition) is 3. The van der Waals surface area contributed by atoms with E-state index in [1.54, 1.807) is 12.1 Å². The Kier molecular flexibility index (Phi) is 6.25. The average Bonchev–Trinajstić information content (AvgIpc) is 3.61. The molecule has 0 radical (unpaired) electrons. The van der Waals surface area contributed by atoms with Crippen molar-refractivity contribution in [3.63, 3.8) is 0 Å². The summed E-state index contributed by atoms with van der Waals surface area (Å²) in [5.74, 6) is 0.586. The van der Waals surface area contributed by atoms with Crippen LogP contribution in [0.25, 0.3) is 11.1 Å². The molecule has 0 saturated heterocycles. The lowest BCUT2D eigenvalue weighted by Gasteiger charge is -2.13. The number of carbonyl (C=O) groups is 1. The number of amides is 1. The van der Waals surface area contributed by atoms with Crippen molar-refractivity contribution in [2.45, 2.75) is 25.5 Å². The molecule has 30 heavy (non-hydrogen) atoms. The summed E-state index contributed by atoms with van der Waals surface area (Å²) in [6.45, 7) is 0.416. The number of ether oxygens (including phenoxy) is 1. The fourth-order valence-electron chi connectivity index (χ4n) is 3.00. The van der Waals surface area contributed by atoms with Gasteiger partial charge in [0, 0.05) is 17.2 Å². The van der Waals surface area contributed by atoms with E-state index in [-0.39, 0.29) is 5.91 Å². The topological polar surface area (TPSA) is 62.4 Å². The largest absolute Gasteiger partial charge is 0.488 e. The van der Waals surface area contributed by atoms with Crippen LogP contribution in [-0.2, 0) is 6.61 Å². The summed E-state index contributed by atoms with van der Waals surface area (Å²) in [7, 11) is 0. The van der Waals surface area contributed by atoms with E-state index in [1.165, 1.54) is 0 Å². The van der Waals surface area contributed by atoms with Gasteiger partial charge in [0.05, 0.1) is 0 Å². The van der Waals surface area contributed by atoms with Gasteiger partial charge in [-0.1, -0.05) is 60.7 Å². The molecule has 0 heterocycles. The van der Waals surface area contributed by atoms with Crippen LogP contribution in [0.5, 0.6) is 5.75 Å². The Bertz CT molecular complexity index is 1020. The number of rotatable bonds is 6. The molecular weight excluding hydrogens is 394 g/mol. The van der Waals surface area contributed by atoms with Crippen LogP contribution in [0.3, 0.4) is 0 Å². The molecule has 0 atom stereocenters. The Morgan fingerprint density at radius 2 is 1.60 bits per heavy atom. The first-order valence-electron chi connectivity index (χ1n) is 9.92. The van der Waals surface area contributed by atoms with Crippen LogP contribution in [0, 0.1) is 0 Å². The predicted molar refractivity (Wildman–Crippen MR) is 122 cm³/mol. The van der Waals surface area contributed by atoms with Crippen LogP contribution in [-0.4, -0.2) is 17.1 Å². The number of para-hydroxylation sites is 1. The van der Waals surface area contributed by atoms with Gasteiger partial charge in [0.2, 0.25) is 0 Å². The lowest BCUT2D eigenvalue weighted by molar-refractivity contribution is 0.0943. The molecule has 3 N–H and O–H groups in total. The highest BCUT2D eigenvalue weighted by molar-refractivity contribution is 7.80. The fraction of sp³-hybridized carbons (Fsp3) is 0.167. The lowest BCUT2D eigenvalue weighted by atomic mass is 10.0. The zero-order chi connectivity index (χ0) is 20.8. The first-order chi connectivity index (χ1) is 14.7. The van der Waals surface area contributed by atoms with E-state index in [0.717, 1.165) is 35.3 Å². The highest BCUT2D eigenvalue weighted by Gasteiger charge is 2.21. The van der Waals surface area contributed by atoms with Gasteiger partial charge in [-0.3, -0.25) is 15.6 Å². The molecule has 0 aromatic heterocycles. The third-order valence-electron chi connectivity index (χ3n) is 4.78. The summed E-state index contributed by atoms with van der Waals surface area (Å²) in [5, 5.41) is 3.55. The van der Waals surface area contributed by atoms with Crippen molar-refractivity contribution in [1.82, 2.24) is 16.2 Å². The third kappa shape index (κ3) is 5.36. The minimum Gasteiger partial charge on any atom is -0.488 e. The SMILES string of the molecule is O=C(NNC(=S)NC1CC1)c1ccc(COc2ccccc2-c2ccccc2)cc1. The molecule has 3 aromatic carbocycles. The summed E-state index contributed by atoms with van der Waals surface area (Å²) in [6.07, 6.45) is 2.24. The van der Waals surface area contributed by atoms with Gasteiger partial charge in [-0.2, -0.15) is 0 Å². The predicted octanol–water partition coefficient (Wildman–Crippen LogP) is 4.20. The molecule has 3 aromatic rings. The first kappa shape index (κ1) is 19.9. The van der Waals surface area contributed by atoms with Gasteiger partial charge in [0.15, 0.2) is 5.11 Å². The summed E-state index contributed by atoms with van der Waals surface area (Å²) in [5.41, 5.74) is 9.03. The van der Waals surface area contributed by atoms with Crippen molar-refractivity contribution in [2.24, 2.45) is 0 Å². The maximum absolute atomic E-state index is 12.3. The van der Waals surface area contributed by atoms with Crippen LogP contribution in [0.4, 0.5) is 0 Å². The molecule has 0 unspecified atom stereocenters. The van der Waals surface area contributed by atoms with Crippen LogP contribution in [0.1, 0.15) is 28.8 Å². The Labute approximate surface area is 181 Å². The number of hydrogen-bond donors (Lipinski definition) is 3. The molecule has 0 spiro atoms. The monoisotopic (exact) mass is 417 g/mol. The molecule has 0 aliphatic heterocycles. The third-order valence-corrected chi connectivity index (χ3v) is 5.00. The minimum atomic E-state index is -0.239. The van der Waals surface area contributed by atoms with Gasteiger partial charge in [0.25, 0.3) is 5.91 Å². The molecular formula is C24H23N3O2S. The highest BCUT2D eigenvalue weighted by Crippen LogP contribution is 2.30. The molecule has 1 aliphatic rings. The summed E-state index contributed by atoms with van der Waals surface area (Å²) in [4.78, 5) is 12.3. The van der Waals surface area contributed by atoms with E-state index in [9.17, 15) is 4.79 Å². The van der Waals surface area contributed by atoms with Gasteiger partial charge in [-0.25, -0.2) is 0 Å². The number of carbonyl (C=O) groups excluding carboxylic acids is 1. The molecule has 1 aliphatic carbocycles. The normalized spacial score (nSPS) is 12.7.